The quantitative estimate of drug-likeness (QED) is 0.504. The van der Waals surface area contributed by atoms with Gasteiger partial charge in [0.05, 0.1) is 18.8 Å². The molecule has 0 atom stereocenters. The first-order chi connectivity index (χ1) is 15.5. The number of benzene rings is 1. The Hall–Kier alpha value is -2.34. The minimum absolute atomic E-state index is 0.0571. The number of methoxy groups -OCH3 is 1. The molecule has 172 valence electrons. The average Bonchev–Trinajstić information content (AvgIpc) is 3.17. The van der Waals surface area contributed by atoms with Crippen molar-refractivity contribution in [2.45, 2.75) is 83.8 Å². The van der Waals surface area contributed by atoms with Gasteiger partial charge in [0.1, 0.15) is 5.00 Å². The van der Waals surface area contributed by atoms with E-state index in [-0.39, 0.29) is 12.0 Å². The van der Waals surface area contributed by atoms with Crippen LogP contribution in [-0.2, 0) is 12.8 Å². The summed E-state index contributed by atoms with van der Waals surface area (Å²) in [6.07, 6.45) is 12.1. The first-order valence-corrected chi connectivity index (χ1v) is 12.7. The van der Waals surface area contributed by atoms with Crippen molar-refractivity contribution >= 4 is 28.5 Å². The van der Waals surface area contributed by atoms with Gasteiger partial charge in [0.25, 0.3) is 5.91 Å². The van der Waals surface area contributed by atoms with E-state index in [9.17, 15) is 4.79 Å². The van der Waals surface area contributed by atoms with E-state index in [0.717, 1.165) is 54.0 Å². The summed E-state index contributed by atoms with van der Waals surface area (Å²) in [5.41, 5.74) is 2.95. The average molecular weight is 455 g/mol. The van der Waals surface area contributed by atoms with Gasteiger partial charge in [-0.25, -0.2) is 4.99 Å². The van der Waals surface area contributed by atoms with Gasteiger partial charge in [0, 0.05) is 17.1 Å². The fraction of sp³-hybridized carbons (Fsp3) is 0.538. The molecule has 0 bridgehead atoms. The molecule has 0 unspecified atom stereocenters. The Morgan fingerprint density at radius 1 is 1.12 bits per heavy atom. The lowest BCUT2D eigenvalue weighted by atomic mass is 9.93. The number of hydrogen-bond donors (Lipinski definition) is 1. The van der Waals surface area contributed by atoms with Crippen LogP contribution < -0.4 is 14.8 Å². The van der Waals surface area contributed by atoms with Gasteiger partial charge in [0.15, 0.2) is 11.5 Å². The highest BCUT2D eigenvalue weighted by atomic mass is 32.1. The molecule has 2 aliphatic rings. The molecule has 2 aliphatic carbocycles. The van der Waals surface area contributed by atoms with Crippen molar-refractivity contribution in [3.63, 3.8) is 0 Å². The molecular weight excluding hydrogens is 420 g/mol. The van der Waals surface area contributed by atoms with Crippen molar-refractivity contribution in [2.24, 2.45) is 4.99 Å². The highest BCUT2D eigenvalue weighted by Crippen LogP contribution is 2.40. The normalized spacial score (nSPS) is 16.9. The fourth-order valence-corrected chi connectivity index (χ4v) is 5.86. The first-order valence-electron chi connectivity index (χ1n) is 11.9. The van der Waals surface area contributed by atoms with E-state index >= 15 is 0 Å². The van der Waals surface area contributed by atoms with Crippen LogP contribution in [0.3, 0.4) is 0 Å². The summed E-state index contributed by atoms with van der Waals surface area (Å²) < 4.78 is 11.3. The Balaban J connectivity index is 1.59. The van der Waals surface area contributed by atoms with Gasteiger partial charge in [-0.1, -0.05) is 19.3 Å². The molecule has 1 saturated carbocycles. The van der Waals surface area contributed by atoms with E-state index < -0.39 is 0 Å². The third-order valence-corrected chi connectivity index (χ3v) is 7.40. The van der Waals surface area contributed by atoms with Crippen LogP contribution in [0.25, 0.3) is 0 Å². The van der Waals surface area contributed by atoms with Gasteiger partial charge in [0.2, 0.25) is 0 Å². The summed E-state index contributed by atoms with van der Waals surface area (Å²) in [7, 11) is 1.64. The Morgan fingerprint density at radius 3 is 2.66 bits per heavy atom. The summed E-state index contributed by atoms with van der Waals surface area (Å²) in [5, 5.41) is 4.14. The van der Waals surface area contributed by atoms with Gasteiger partial charge in [-0.3, -0.25) is 4.79 Å². The van der Waals surface area contributed by atoms with Crippen molar-refractivity contribution in [3.05, 3.63) is 39.8 Å². The topological polar surface area (TPSA) is 59.9 Å². The number of rotatable bonds is 7. The maximum absolute atomic E-state index is 13.3. The summed E-state index contributed by atoms with van der Waals surface area (Å²) in [4.78, 5) is 19.4. The SMILES string of the molecule is COc1cc(C=Nc2sc3c(c2C(=O)NC2CCCCC2)CCCC3)ccc1OC(C)C. The van der Waals surface area contributed by atoms with E-state index in [1.165, 1.54) is 36.1 Å². The zero-order chi connectivity index (χ0) is 22.5. The molecule has 2 aromatic rings. The van der Waals surface area contributed by atoms with Crippen LogP contribution in [0.15, 0.2) is 23.2 Å². The second-order valence-electron chi connectivity index (χ2n) is 9.03. The maximum atomic E-state index is 13.3. The molecule has 1 heterocycles. The molecule has 6 heteroatoms. The summed E-state index contributed by atoms with van der Waals surface area (Å²) >= 11 is 1.68. The van der Waals surface area contributed by atoms with E-state index in [4.69, 9.17) is 14.5 Å². The maximum Gasteiger partial charge on any atom is 0.254 e. The van der Waals surface area contributed by atoms with Crippen molar-refractivity contribution in [2.75, 3.05) is 7.11 Å². The fourth-order valence-electron chi connectivity index (χ4n) is 4.63. The molecule has 32 heavy (non-hydrogen) atoms. The third kappa shape index (κ3) is 5.34. The molecule has 1 aromatic carbocycles. The number of carbonyl (C=O) groups excluding carboxylic acids is 1. The van der Waals surface area contributed by atoms with Crippen molar-refractivity contribution in [1.82, 2.24) is 5.32 Å². The minimum Gasteiger partial charge on any atom is -0.493 e. The van der Waals surface area contributed by atoms with Crippen LogP contribution in [0.1, 0.15) is 85.2 Å². The zero-order valence-electron chi connectivity index (χ0n) is 19.4. The Bertz CT molecular complexity index is 974. The number of ether oxygens (including phenoxy) is 2. The number of carbonyl (C=O) groups is 1. The lowest BCUT2D eigenvalue weighted by molar-refractivity contribution is 0.0927. The van der Waals surface area contributed by atoms with Crippen molar-refractivity contribution in [1.29, 1.82) is 0 Å². The molecule has 1 fully saturated rings. The van der Waals surface area contributed by atoms with E-state index in [0.29, 0.717) is 11.8 Å². The van der Waals surface area contributed by atoms with Crippen LogP contribution in [0, 0.1) is 0 Å². The van der Waals surface area contributed by atoms with Crippen LogP contribution in [0.4, 0.5) is 5.00 Å². The number of fused-ring (bicyclic) bond motifs is 1. The highest BCUT2D eigenvalue weighted by molar-refractivity contribution is 7.16. The van der Waals surface area contributed by atoms with Gasteiger partial charge >= 0.3 is 0 Å². The van der Waals surface area contributed by atoms with E-state index in [1.807, 2.05) is 38.3 Å². The third-order valence-electron chi connectivity index (χ3n) is 6.20. The number of amides is 1. The predicted molar refractivity (Wildman–Crippen MR) is 131 cm³/mol. The van der Waals surface area contributed by atoms with E-state index in [2.05, 4.69) is 5.32 Å². The number of aryl methyl sites for hydroxylation is 1. The lowest BCUT2D eigenvalue weighted by Crippen LogP contribution is -2.36. The summed E-state index contributed by atoms with van der Waals surface area (Å²) in [6.45, 7) is 3.99. The summed E-state index contributed by atoms with van der Waals surface area (Å²) in [5.74, 6) is 1.46. The van der Waals surface area contributed by atoms with Gasteiger partial charge in [-0.05, 0) is 81.7 Å². The zero-order valence-corrected chi connectivity index (χ0v) is 20.2. The molecule has 0 aliphatic heterocycles. The molecule has 1 N–H and O–H groups in total. The molecule has 1 aromatic heterocycles. The van der Waals surface area contributed by atoms with Crippen LogP contribution in [0.2, 0.25) is 0 Å². The van der Waals surface area contributed by atoms with Gasteiger partial charge in [-0.2, -0.15) is 0 Å². The number of nitrogens with zero attached hydrogens (tertiary/aromatic N) is 1. The van der Waals surface area contributed by atoms with Crippen molar-refractivity contribution < 1.29 is 14.3 Å². The van der Waals surface area contributed by atoms with Crippen LogP contribution >= 0.6 is 11.3 Å². The Kier molecular flexibility index (Phi) is 7.51. The van der Waals surface area contributed by atoms with Gasteiger partial charge in [-0.15, -0.1) is 11.3 Å². The highest BCUT2D eigenvalue weighted by Gasteiger charge is 2.27. The Labute approximate surface area is 195 Å². The first kappa shape index (κ1) is 22.8. The van der Waals surface area contributed by atoms with E-state index in [1.54, 1.807) is 18.4 Å². The van der Waals surface area contributed by atoms with Crippen LogP contribution in [-0.4, -0.2) is 31.4 Å². The molecule has 0 spiro atoms. The van der Waals surface area contributed by atoms with Crippen molar-refractivity contribution in [3.8, 4) is 11.5 Å². The number of thiophene rings is 1. The molecule has 4 rings (SSSR count). The number of aliphatic imine (C=N–C) groups is 1. The second-order valence-corrected chi connectivity index (χ2v) is 10.1. The Morgan fingerprint density at radius 2 is 1.91 bits per heavy atom. The molecule has 0 saturated heterocycles. The number of hydrogen-bond acceptors (Lipinski definition) is 5. The minimum atomic E-state index is 0.0571. The van der Waals surface area contributed by atoms with Gasteiger partial charge < -0.3 is 14.8 Å². The van der Waals surface area contributed by atoms with Crippen LogP contribution in [0.5, 0.6) is 11.5 Å². The molecule has 5 nitrogen and oxygen atoms in total. The molecule has 0 radical (unpaired) electrons. The largest absolute Gasteiger partial charge is 0.493 e. The monoisotopic (exact) mass is 454 g/mol. The molecular formula is C26H34N2O3S. The summed E-state index contributed by atoms with van der Waals surface area (Å²) in [6, 6.07) is 6.11. The molecule has 1 amide bonds. The predicted octanol–water partition coefficient (Wildman–Crippen LogP) is 6.24. The smallest absolute Gasteiger partial charge is 0.254 e. The standard InChI is InChI=1S/C26H34N2O3S/c1-17(2)31-21-14-13-18(15-22(21)30-3)16-27-26-24(20-11-7-8-12-23(20)32-26)25(29)28-19-9-5-4-6-10-19/h13-17,19H,4-12H2,1-3H3,(H,28,29). The second kappa shape index (κ2) is 10.5. The lowest BCUT2D eigenvalue weighted by Gasteiger charge is -2.23. The number of nitrogens with one attached hydrogen (secondary N) is 1.